The van der Waals surface area contributed by atoms with Crippen molar-refractivity contribution in [2.45, 2.75) is 384 Å². The van der Waals surface area contributed by atoms with Gasteiger partial charge in [0.1, 0.15) is 24.4 Å². The zero-order valence-electron chi connectivity index (χ0n) is 54.1. The second-order valence-electron chi connectivity index (χ2n) is 24.6. The van der Waals surface area contributed by atoms with Gasteiger partial charge in [0, 0.05) is 6.42 Å². The molecule has 1 amide bonds. The first kappa shape index (κ1) is 78.6. The van der Waals surface area contributed by atoms with Gasteiger partial charge in [-0.3, -0.25) is 9.59 Å². The molecular weight excluding hydrogens is 1040 g/mol. The van der Waals surface area contributed by atoms with Gasteiger partial charge in [-0.05, 0) is 64.2 Å². The number of rotatable bonds is 61. The van der Waals surface area contributed by atoms with E-state index in [1.165, 1.54) is 212 Å². The van der Waals surface area contributed by atoms with Gasteiger partial charge in [-0.2, -0.15) is 0 Å². The minimum Gasteiger partial charge on any atom is -0.454 e. The highest BCUT2D eigenvalue weighted by molar-refractivity contribution is 5.80. The van der Waals surface area contributed by atoms with Crippen LogP contribution in [0.2, 0.25) is 0 Å². The van der Waals surface area contributed by atoms with E-state index in [2.05, 4.69) is 62.5 Å². The van der Waals surface area contributed by atoms with Crippen molar-refractivity contribution in [3.05, 3.63) is 48.6 Å². The van der Waals surface area contributed by atoms with Gasteiger partial charge in [0.2, 0.25) is 5.91 Å². The molecule has 0 aromatic carbocycles. The van der Waals surface area contributed by atoms with Crippen LogP contribution in [0.3, 0.4) is 0 Å². The average Bonchev–Trinajstić information content (AvgIpc) is 3.67. The fraction of sp³-hybridized carbons (Fsp3) is 0.861. The molecule has 1 saturated heterocycles. The Kier molecular flexibility index (Phi) is 56.8. The van der Waals surface area contributed by atoms with Crippen LogP contribution in [0.5, 0.6) is 0 Å². The first-order valence-corrected chi connectivity index (χ1v) is 35.4. The summed E-state index contributed by atoms with van der Waals surface area (Å²) in [5, 5.41) is 57.2. The molecule has 0 aliphatic carbocycles. The van der Waals surface area contributed by atoms with E-state index in [1.807, 2.05) is 6.08 Å². The van der Waals surface area contributed by atoms with Gasteiger partial charge >= 0.3 is 5.97 Å². The summed E-state index contributed by atoms with van der Waals surface area (Å²) in [6.07, 6.45) is 64.3. The predicted molar refractivity (Wildman–Crippen MR) is 347 cm³/mol. The van der Waals surface area contributed by atoms with Crippen LogP contribution in [-0.2, 0) is 23.8 Å². The quantitative estimate of drug-likeness (QED) is 0.0195. The summed E-state index contributed by atoms with van der Waals surface area (Å²) in [4.78, 5) is 26.7. The summed E-state index contributed by atoms with van der Waals surface area (Å²) >= 11 is 0. The van der Waals surface area contributed by atoms with E-state index in [-0.39, 0.29) is 13.0 Å². The van der Waals surface area contributed by atoms with Crippen LogP contribution in [0.1, 0.15) is 335 Å². The Balaban J connectivity index is 2.59. The summed E-state index contributed by atoms with van der Waals surface area (Å²) in [7, 11) is 0. The number of hydrogen-bond acceptors (Lipinski definition) is 10. The largest absolute Gasteiger partial charge is 0.454 e. The van der Waals surface area contributed by atoms with Crippen LogP contribution in [0.15, 0.2) is 48.6 Å². The van der Waals surface area contributed by atoms with Gasteiger partial charge in [0.05, 0.1) is 25.4 Å². The number of esters is 1. The third kappa shape index (κ3) is 47.4. The highest BCUT2D eigenvalue weighted by Gasteiger charge is 2.47. The number of hydrogen-bond donors (Lipinski definition) is 6. The van der Waals surface area contributed by atoms with Crippen LogP contribution in [0, 0.1) is 0 Å². The number of nitrogens with one attached hydrogen (secondary N) is 1. The molecule has 83 heavy (non-hydrogen) atoms. The first-order chi connectivity index (χ1) is 40.7. The molecule has 0 aromatic heterocycles. The van der Waals surface area contributed by atoms with Crippen molar-refractivity contribution in [3.8, 4) is 0 Å². The van der Waals surface area contributed by atoms with Crippen molar-refractivity contribution in [1.82, 2.24) is 5.32 Å². The van der Waals surface area contributed by atoms with E-state index in [1.54, 1.807) is 6.08 Å². The normalized spacial score (nSPS) is 18.8. The third-order valence-corrected chi connectivity index (χ3v) is 16.7. The Labute approximate surface area is 510 Å². The van der Waals surface area contributed by atoms with Crippen molar-refractivity contribution < 1.29 is 49.3 Å². The highest BCUT2D eigenvalue weighted by atomic mass is 16.7. The van der Waals surface area contributed by atoms with Crippen molar-refractivity contribution in [2.75, 3.05) is 13.2 Å². The molecule has 8 atom stereocenters. The average molecular weight is 1170 g/mol. The molecule has 0 saturated carbocycles. The van der Waals surface area contributed by atoms with Crippen LogP contribution < -0.4 is 5.32 Å². The van der Waals surface area contributed by atoms with Gasteiger partial charge < -0.3 is 45.1 Å². The number of aliphatic hydroxyl groups is 5. The lowest BCUT2D eigenvalue weighted by molar-refractivity contribution is -0.305. The number of carbonyl (C=O) groups is 2. The van der Waals surface area contributed by atoms with Crippen LogP contribution in [0.4, 0.5) is 0 Å². The van der Waals surface area contributed by atoms with E-state index >= 15 is 0 Å². The lowest BCUT2D eigenvalue weighted by atomic mass is 9.99. The Bertz CT molecular complexity index is 1540. The van der Waals surface area contributed by atoms with Crippen molar-refractivity contribution in [1.29, 1.82) is 0 Å². The summed E-state index contributed by atoms with van der Waals surface area (Å²) < 4.78 is 17.7. The van der Waals surface area contributed by atoms with Crippen LogP contribution in [-0.4, -0.2) is 99.6 Å². The van der Waals surface area contributed by atoms with E-state index in [9.17, 15) is 35.1 Å². The molecule has 1 aliphatic heterocycles. The summed E-state index contributed by atoms with van der Waals surface area (Å²) in [6, 6.07) is -1.02. The molecular formula is C72H133NO10. The monoisotopic (exact) mass is 1170 g/mol. The predicted octanol–water partition coefficient (Wildman–Crippen LogP) is 18.0. The fourth-order valence-electron chi connectivity index (χ4n) is 11.1. The van der Waals surface area contributed by atoms with Crippen molar-refractivity contribution >= 4 is 11.9 Å². The molecule has 1 heterocycles. The lowest BCUT2D eigenvalue weighted by Crippen LogP contribution is -2.61. The SMILES string of the molecule is CCCCC/C=C\C/C=C\C/C=C\CCCCCCCCCCCCCC(O)C(=O)NC(COC1OC(CO)C(O)C(O)C1OC(=O)CCCCCCCCCCCCCCCCCCC)C(O)/C=C/CCCCCCCCCCCCC. The topological polar surface area (TPSA) is 175 Å². The maximum Gasteiger partial charge on any atom is 0.306 e. The summed E-state index contributed by atoms with van der Waals surface area (Å²) in [5.74, 6) is -1.18. The van der Waals surface area contributed by atoms with Gasteiger partial charge in [0.25, 0.3) is 0 Å². The number of ether oxygens (including phenoxy) is 3. The minimum atomic E-state index is -1.61. The molecule has 0 bridgehead atoms. The molecule has 6 N–H and O–H groups in total. The maximum absolute atomic E-state index is 13.5. The molecule has 0 aromatic rings. The van der Waals surface area contributed by atoms with Crippen LogP contribution in [0.25, 0.3) is 0 Å². The molecule has 11 nitrogen and oxygen atoms in total. The molecule has 1 fully saturated rings. The van der Waals surface area contributed by atoms with Crippen molar-refractivity contribution in [3.63, 3.8) is 0 Å². The number of allylic oxidation sites excluding steroid dienone is 7. The van der Waals surface area contributed by atoms with Gasteiger partial charge in [-0.1, -0.05) is 313 Å². The van der Waals surface area contributed by atoms with E-state index in [0.29, 0.717) is 19.3 Å². The zero-order valence-corrected chi connectivity index (χ0v) is 54.1. The third-order valence-electron chi connectivity index (χ3n) is 16.7. The highest BCUT2D eigenvalue weighted by Crippen LogP contribution is 2.26. The number of amides is 1. The maximum atomic E-state index is 13.5. The zero-order chi connectivity index (χ0) is 60.3. The minimum absolute atomic E-state index is 0.128. The number of unbranched alkanes of at least 4 members (excludes halogenated alkanes) is 41. The molecule has 486 valence electrons. The molecule has 11 heteroatoms. The second kappa shape index (κ2) is 59.9. The summed E-state index contributed by atoms with van der Waals surface area (Å²) in [5.41, 5.74) is 0. The Morgan fingerprint density at radius 1 is 0.470 bits per heavy atom. The standard InChI is InChI=1S/C72H133NO10/c1-4-7-10-13-16-19-22-25-27-29-30-31-32-33-34-35-37-38-41-44-47-50-53-56-59-65(76)71(80)73-63(64(75)58-55-52-49-46-43-40-24-21-18-15-12-9-6-3)62-81-72-70(69(79)68(78)66(61-74)82-72)83-67(77)60-57-54-51-48-45-42-39-36-28-26-23-20-17-14-11-8-5-2/h16,19,25,27,30-31,55,58,63-66,68-70,72,74-76,78-79H,4-15,17-18,20-24,26,28-29,32-54,56-57,59-62H2,1-3H3,(H,73,80)/b19-16-,27-25-,31-30-,58-55+. The smallest absolute Gasteiger partial charge is 0.306 e. The number of carbonyl (C=O) groups excluding carboxylic acids is 2. The molecule has 1 rings (SSSR count). The fourth-order valence-corrected chi connectivity index (χ4v) is 11.1. The van der Waals surface area contributed by atoms with Gasteiger partial charge in [-0.15, -0.1) is 0 Å². The van der Waals surface area contributed by atoms with Crippen LogP contribution >= 0.6 is 0 Å². The Hall–Kier alpha value is -2.38. The summed E-state index contributed by atoms with van der Waals surface area (Å²) in [6.45, 7) is 5.81. The first-order valence-electron chi connectivity index (χ1n) is 35.4. The molecule has 0 spiro atoms. The van der Waals surface area contributed by atoms with E-state index in [0.717, 1.165) is 77.0 Å². The van der Waals surface area contributed by atoms with Gasteiger partial charge in [0.15, 0.2) is 12.4 Å². The lowest BCUT2D eigenvalue weighted by Gasteiger charge is -2.41. The molecule has 8 unspecified atom stereocenters. The second-order valence-corrected chi connectivity index (χ2v) is 24.6. The molecule has 0 radical (unpaired) electrons. The van der Waals surface area contributed by atoms with Gasteiger partial charge in [-0.25, -0.2) is 0 Å². The molecule has 1 aliphatic rings. The Morgan fingerprint density at radius 2 is 0.831 bits per heavy atom. The Morgan fingerprint density at radius 3 is 1.27 bits per heavy atom. The van der Waals surface area contributed by atoms with Crippen molar-refractivity contribution in [2.24, 2.45) is 0 Å². The number of aliphatic hydroxyl groups excluding tert-OH is 5. The van der Waals surface area contributed by atoms with E-state index in [4.69, 9.17) is 14.2 Å². The van der Waals surface area contributed by atoms with E-state index < -0.39 is 67.4 Å².